The van der Waals surface area contributed by atoms with Crippen molar-refractivity contribution < 1.29 is 0 Å². The Kier molecular flexibility index (Phi) is 3.66. The van der Waals surface area contributed by atoms with Crippen molar-refractivity contribution in [2.24, 2.45) is 0 Å². The molecule has 1 N–H and O–H groups in total. The summed E-state index contributed by atoms with van der Waals surface area (Å²) in [4.78, 5) is 3.07. The summed E-state index contributed by atoms with van der Waals surface area (Å²) in [7, 11) is 0. The van der Waals surface area contributed by atoms with Crippen LogP contribution in [0.5, 0.6) is 0 Å². The number of imidazole rings is 1. The first-order valence-electron chi connectivity index (χ1n) is 5.98. The molecule has 0 unspecified atom stereocenters. The molecule has 0 aliphatic rings. The van der Waals surface area contributed by atoms with E-state index in [0.717, 1.165) is 16.9 Å². The van der Waals surface area contributed by atoms with Gasteiger partial charge in [-0.25, -0.2) is 0 Å². The minimum Gasteiger partial charge on any atom is -0.336 e. The fraction of sp³-hybridized carbons (Fsp3) is 0. The third-order valence-corrected chi connectivity index (χ3v) is 4.05. The fourth-order valence-electron chi connectivity index (χ4n) is 2.07. The van der Waals surface area contributed by atoms with Crippen LogP contribution >= 0.6 is 35.4 Å². The Labute approximate surface area is 131 Å². The Morgan fingerprint density at radius 1 is 0.950 bits per heavy atom. The van der Waals surface area contributed by atoms with Gasteiger partial charge >= 0.3 is 0 Å². The standard InChI is InChI=1S/C15H10Cl2N2S/c16-12-7-6-10(8-13(12)17)14-9-18-15(20)19(14)11-4-2-1-3-5-11/h1-9H,(H,18,20). The lowest BCUT2D eigenvalue weighted by atomic mass is 10.1. The molecule has 0 saturated heterocycles. The molecular formula is C15H10Cl2N2S. The average Bonchev–Trinajstić information content (AvgIpc) is 2.85. The van der Waals surface area contributed by atoms with E-state index in [2.05, 4.69) is 4.98 Å². The molecular weight excluding hydrogens is 311 g/mol. The molecule has 2 nitrogen and oxygen atoms in total. The van der Waals surface area contributed by atoms with Crippen LogP contribution in [-0.4, -0.2) is 9.55 Å². The van der Waals surface area contributed by atoms with Gasteiger partial charge in [0.1, 0.15) is 0 Å². The van der Waals surface area contributed by atoms with Gasteiger partial charge in [0.05, 0.1) is 15.7 Å². The molecule has 1 heterocycles. The van der Waals surface area contributed by atoms with Crippen molar-refractivity contribution in [3.63, 3.8) is 0 Å². The van der Waals surface area contributed by atoms with Gasteiger partial charge in [-0.05, 0) is 36.5 Å². The van der Waals surface area contributed by atoms with Crippen molar-refractivity contribution in [1.82, 2.24) is 9.55 Å². The molecule has 5 heteroatoms. The zero-order valence-corrected chi connectivity index (χ0v) is 12.6. The van der Waals surface area contributed by atoms with Crippen LogP contribution in [0.25, 0.3) is 16.9 Å². The topological polar surface area (TPSA) is 20.7 Å². The van der Waals surface area contributed by atoms with Crippen molar-refractivity contribution in [2.75, 3.05) is 0 Å². The van der Waals surface area contributed by atoms with Gasteiger partial charge in [0.15, 0.2) is 4.77 Å². The molecule has 0 atom stereocenters. The monoisotopic (exact) mass is 320 g/mol. The molecule has 0 fully saturated rings. The van der Waals surface area contributed by atoms with Gasteiger partial charge in [-0.15, -0.1) is 0 Å². The van der Waals surface area contributed by atoms with Crippen LogP contribution < -0.4 is 0 Å². The molecule has 100 valence electrons. The number of aromatic nitrogens is 2. The van der Waals surface area contributed by atoms with Crippen molar-refractivity contribution in [2.45, 2.75) is 0 Å². The second-order valence-corrected chi connectivity index (χ2v) is 5.48. The number of hydrogen-bond donors (Lipinski definition) is 1. The first kappa shape index (κ1) is 13.4. The van der Waals surface area contributed by atoms with E-state index < -0.39 is 0 Å². The summed E-state index contributed by atoms with van der Waals surface area (Å²) in [6, 6.07) is 15.5. The Morgan fingerprint density at radius 2 is 1.70 bits per heavy atom. The molecule has 0 aliphatic heterocycles. The van der Waals surface area contributed by atoms with Crippen molar-refractivity contribution in [3.05, 3.63) is 69.5 Å². The van der Waals surface area contributed by atoms with Gasteiger partial charge in [-0.2, -0.15) is 0 Å². The summed E-state index contributed by atoms with van der Waals surface area (Å²) in [5.74, 6) is 0. The van der Waals surface area contributed by atoms with E-state index in [4.69, 9.17) is 35.4 Å². The molecule has 0 bridgehead atoms. The smallest absolute Gasteiger partial charge is 0.182 e. The molecule has 0 radical (unpaired) electrons. The number of halogens is 2. The lowest BCUT2D eigenvalue weighted by molar-refractivity contribution is 1.04. The summed E-state index contributed by atoms with van der Waals surface area (Å²) in [6.45, 7) is 0. The van der Waals surface area contributed by atoms with Crippen LogP contribution in [0.1, 0.15) is 0 Å². The normalized spacial score (nSPS) is 10.7. The first-order chi connectivity index (χ1) is 9.66. The molecule has 0 amide bonds. The second-order valence-electron chi connectivity index (χ2n) is 4.28. The minimum absolute atomic E-state index is 0.524. The quantitative estimate of drug-likeness (QED) is 0.617. The van der Waals surface area contributed by atoms with E-state index in [1.54, 1.807) is 6.07 Å². The number of H-pyrrole nitrogens is 1. The zero-order chi connectivity index (χ0) is 14.1. The Morgan fingerprint density at radius 3 is 2.40 bits per heavy atom. The van der Waals surface area contributed by atoms with Crippen LogP contribution in [0.2, 0.25) is 10.0 Å². The molecule has 3 rings (SSSR count). The van der Waals surface area contributed by atoms with E-state index in [0.29, 0.717) is 14.8 Å². The molecule has 0 spiro atoms. The molecule has 3 aromatic rings. The molecule has 20 heavy (non-hydrogen) atoms. The number of para-hydroxylation sites is 1. The van der Waals surface area contributed by atoms with Crippen LogP contribution in [0.4, 0.5) is 0 Å². The Bertz CT molecular complexity index is 806. The Hall–Kier alpha value is -1.55. The Balaban J connectivity index is 2.21. The van der Waals surface area contributed by atoms with Crippen molar-refractivity contribution in [3.8, 4) is 16.9 Å². The summed E-state index contributed by atoms with van der Waals surface area (Å²) in [5, 5.41) is 1.06. The SMILES string of the molecule is S=c1[nH]cc(-c2ccc(Cl)c(Cl)c2)n1-c1ccccc1. The number of aromatic amines is 1. The summed E-state index contributed by atoms with van der Waals surface area (Å²) < 4.78 is 2.60. The van der Waals surface area contributed by atoms with Crippen molar-refractivity contribution >= 4 is 35.4 Å². The second kappa shape index (κ2) is 5.44. The average molecular weight is 321 g/mol. The van der Waals surface area contributed by atoms with Gasteiger partial charge in [0.2, 0.25) is 0 Å². The maximum atomic E-state index is 6.09. The number of nitrogens with zero attached hydrogens (tertiary/aromatic N) is 1. The molecule has 2 aromatic carbocycles. The van der Waals surface area contributed by atoms with Gasteiger partial charge in [0.25, 0.3) is 0 Å². The maximum Gasteiger partial charge on any atom is 0.182 e. The summed E-state index contributed by atoms with van der Waals surface area (Å²) in [6.07, 6.45) is 1.87. The zero-order valence-electron chi connectivity index (χ0n) is 10.3. The highest BCUT2D eigenvalue weighted by atomic mass is 35.5. The number of hydrogen-bond acceptors (Lipinski definition) is 1. The third kappa shape index (κ3) is 2.40. The molecule has 1 aromatic heterocycles. The summed E-state index contributed by atoms with van der Waals surface area (Å²) >= 11 is 17.4. The largest absolute Gasteiger partial charge is 0.336 e. The summed E-state index contributed by atoms with van der Waals surface area (Å²) in [5.41, 5.74) is 2.90. The van der Waals surface area contributed by atoms with E-state index in [1.165, 1.54) is 0 Å². The number of nitrogens with one attached hydrogen (secondary N) is 1. The lowest BCUT2D eigenvalue weighted by Crippen LogP contribution is -1.96. The predicted molar refractivity (Wildman–Crippen MR) is 86.4 cm³/mol. The fourth-order valence-corrected chi connectivity index (χ4v) is 2.63. The first-order valence-corrected chi connectivity index (χ1v) is 7.14. The van der Waals surface area contributed by atoms with Crippen LogP contribution in [0.3, 0.4) is 0 Å². The highest BCUT2D eigenvalue weighted by molar-refractivity contribution is 7.71. The molecule has 0 aliphatic carbocycles. The van der Waals surface area contributed by atoms with E-state index in [-0.39, 0.29) is 0 Å². The number of rotatable bonds is 2. The maximum absolute atomic E-state index is 6.09. The highest BCUT2D eigenvalue weighted by Gasteiger charge is 2.10. The number of benzene rings is 2. The third-order valence-electron chi connectivity index (χ3n) is 3.01. The van der Waals surface area contributed by atoms with Crippen LogP contribution in [0, 0.1) is 4.77 Å². The highest BCUT2D eigenvalue weighted by Crippen LogP contribution is 2.29. The van der Waals surface area contributed by atoms with Gasteiger partial charge in [-0.1, -0.05) is 47.5 Å². The molecule has 0 saturated carbocycles. The van der Waals surface area contributed by atoms with Gasteiger partial charge in [0, 0.05) is 17.4 Å². The van der Waals surface area contributed by atoms with Crippen LogP contribution in [-0.2, 0) is 0 Å². The minimum atomic E-state index is 0.524. The van der Waals surface area contributed by atoms with E-state index in [9.17, 15) is 0 Å². The van der Waals surface area contributed by atoms with E-state index >= 15 is 0 Å². The van der Waals surface area contributed by atoms with E-state index in [1.807, 2.05) is 53.2 Å². The lowest BCUT2D eigenvalue weighted by Gasteiger charge is -2.09. The predicted octanol–water partition coefficient (Wildman–Crippen LogP) is 5.51. The van der Waals surface area contributed by atoms with Crippen LogP contribution in [0.15, 0.2) is 54.7 Å². The van der Waals surface area contributed by atoms with Gasteiger partial charge < -0.3 is 4.98 Å². The van der Waals surface area contributed by atoms with Gasteiger partial charge in [-0.3, -0.25) is 4.57 Å². The van der Waals surface area contributed by atoms with Crippen molar-refractivity contribution in [1.29, 1.82) is 0 Å².